The summed E-state index contributed by atoms with van der Waals surface area (Å²) in [7, 11) is 0. The van der Waals surface area contributed by atoms with Gasteiger partial charge in [0.25, 0.3) is 0 Å². The van der Waals surface area contributed by atoms with Crippen LogP contribution in [-0.2, 0) is 6.61 Å². The lowest BCUT2D eigenvalue weighted by molar-refractivity contribution is 0.285. The second kappa shape index (κ2) is 2.77. The van der Waals surface area contributed by atoms with Crippen LogP contribution in [0.3, 0.4) is 0 Å². The van der Waals surface area contributed by atoms with Crippen LogP contribution in [0.15, 0.2) is 24.3 Å². The fourth-order valence-electron chi connectivity index (χ4n) is 1.16. The third-order valence-electron chi connectivity index (χ3n) is 1.71. The van der Waals surface area contributed by atoms with E-state index in [0.717, 1.165) is 15.0 Å². The molecule has 0 saturated carbocycles. The zero-order chi connectivity index (χ0) is 8.55. The summed E-state index contributed by atoms with van der Waals surface area (Å²) in [5, 5.41) is 19.0. The van der Waals surface area contributed by atoms with Gasteiger partial charge in [-0.15, -0.1) is 11.3 Å². The average Bonchev–Trinajstić information content (AvgIpc) is 2.46. The molecule has 0 radical (unpaired) electrons. The predicted molar refractivity (Wildman–Crippen MR) is 49.4 cm³/mol. The van der Waals surface area contributed by atoms with Gasteiger partial charge in [0.15, 0.2) is 0 Å². The van der Waals surface area contributed by atoms with Crippen LogP contribution >= 0.6 is 11.3 Å². The van der Waals surface area contributed by atoms with Gasteiger partial charge in [-0.3, -0.25) is 0 Å². The second-order valence-electron chi connectivity index (χ2n) is 2.59. The number of benzene rings is 1. The summed E-state index contributed by atoms with van der Waals surface area (Å²) in [6, 6.07) is 7.10. The van der Waals surface area contributed by atoms with Gasteiger partial charge in [-0.05, 0) is 29.7 Å². The van der Waals surface area contributed by atoms with E-state index in [2.05, 4.69) is 0 Å². The van der Waals surface area contributed by atoms with E-state index in [1.807, 2.05) is 12.1 Å². The van der Waals surface area contributed by atoms with E-state index in [9.17, 15) is 0 Å². The Morgan fingerprint density at radius 3 is 2.83 bits per heavy atom. The fraction of sp³-hybridized carbons (Fsp3) is 0.111. The van der Waals surface area contributed by atoms with Crippen molar-refractivity contribution >= 4 is 21.4 Å². The van der Waals surface area contributed by atoms with Crippen LogP contribution in [0.2, 0.25) is 0 Å². The Morgan fingerprint density at radius 1 is 1.25 bits per heavy atom. The summed E-state index contributed by atoms with van der Waals surface area (Å²) in [5.74, 6) is 0.268. The highest BCUT2D eigenvalue weighted by molar-refractivity contribution is 7.19. The van der Waals surface area contributed by atoms with Crippen LogP contribution in [0.5, 0.6) is 5.75 Å². The number of fused-ring (bicyclic) bond motifs is 1. The average molecular weight is 180 g/mol. The Balaban J connectivity index is 2.67. The monoisotopic (exact) mass is 180 g/mol. The second-order valence-corrected chi connectivity index (χ2v) is 3.76. The van der Waals surface area contributed by atoms with Crippen LogP contribution in [0.1, 0.15) is 4.88 Å². The van der Waals surface area contributed by atoms with Crippen molar-refractivity contribution in [1.82, 2.24) is 0 Å². The maximum absolute atomic E-state index is 9.15. The minimum atomic E-state index is 0.0696. The van der Waals surface area contributed by atoms with Crippen molar-refractivity contribution in [1.29, 1.82) is 0 Å². The molecule has 2 nitrogen and oxygen atoms in total. The third kappa shape index (κ3) is 1.17. The maximum atomic E-state index is 9.15. The summed E-state index contributed by atoms with van der Waals surface area (Å²) in [6.45, 7) is 0.0696. The molecule has 0 aliphatic carbocycles. The van der Waals surface area contributed by atoms with Crippen LogP contribution in [0.4, 0.5) is 0 Å². The van der Waals surface area contributed by atoms with E-state index in [1.165, 1.54) is 0 Å². The number of aliphatic hydroxyl groups is 1. The zero-order valence-electron chi connectivity index (χ0n) is 6.32. The fourth-order valence-corrected chi connectivity index (χ4v) is 2.07. The van der Waals surface area contributed by atoms with E-state index in [0.29, 0.717) is 0 Å². The molecule has 0 atom stereocenters. The van der Waals surface area contributed by atoms with Crippen molar-refractivity contribution in [2.24, 2.45) is 0 Å². The summed E-state index contributed by atoms with van der Waals surface area (Å²) in [5.41, 5.74) is 0. The number of hydrogen-bond acceptors (Lipinski definition) is 3. The number of aliphatic hydroxyl groups excluding tert-OH is 1. The van der Waals surface area contributed by atoms with E-state index in [4.69, 9.17) is 10.2 Å². The van der Waals surface area contributed by atoms with Gasteiger partial charge in [0, 0.05) is 9.58 Å². The summed E-state index contributed by atoms with van der Waals surface area (Å²) < 4.78 is 1.09. The lowest BCUT2D eigenvalue weighted by Crippen LogP contribution is -1.70. The molecule has 3 heteroatoms. The first kappa shape index (κ1) is 7.58. The number of thiophene rings is 1. The van der Waals surface area contributed by atoms with Crippen LogP contribution in [0, 0.1) is 0 Å². The molecule has 1 heterocycles. The molecular weight excluding hydrogens is 172 g/mol. The van der Waals surface area contributed by atoms with Gasteiger partial charge >= 0.3 is 0 Å². The predicted octanol–water partition coefficient (Wildman–Crippen LogP) is 2.10. The Labute approximate surface area is 73.7 Å². The first-order chi connectivity index (χ1) is 5.79. The normalized spacial score (nSPS) is 10.8. The first-order valence-electron chi connectivity index (χ1n) is 3.62. The van der Waals surface area contributed by atoms with Gasteiger partial charge < -0.3 is 10.2 Å². The van der Waals surface area contributed by atoms with Crippen molar-refractivity contribution in [2.45, 2.75) is 6.61 Å². The molecular formula is C9H8O2S. The summed E-state index contributed by atoms with van der Waals surface area (Å²) in [6.07, 6.45) is 0. The first-order valence-corrected chi connectivity index (χ1v) is 4.43. The van der Waals surface area contributed by atoms with E-state index in [1.54, 1.807) is 23.5 Å². The summed E-state index contributed by atoms with van der Waals surface area (Å²) >= 11 is 1.54. The van der Waals surface area contributed by atoms with Crippen molar-refractivity contribution in [3.05, 3.63) is 29.1 Å². The van der Waals surface area contributed by atoms with Gasteiger partial charge in [0.2, 0.25) is 0 Å². The minimum absolute atomic E-state index is 0.0696. The molecule has 0 fully saturated rings. The van der Waals surface area contributed by atoms with E-state index < -0.39 is 0 Å². The number of hydrogen-bond donors (Lipinski definition) is 2. The molecule has 1 aromatic heterocycles. The van der Waals surface area contributed by atoms with Crippen LogP contribution in [0.25, 0.3) is 10.1 Å². The van der Waals surface area contributed by atoms with Crippen LogP contribution < -0.4 is 0 Å². The van der Waals surface area contributed by atoms with E-state index >= 15 is 0 Å². The Morgan fingerprint density at radius 2 is 2.08 bits per heavy atom. The lowest BCUT2D eigenvalue weighted by atomic mass is 10.2. The largest absolute Gasteiger partial charge is 0.508 e. The van der Waals surface area contributed by atoms with Gasteiger partial charge in [-0.1, -0.05) is 0 Å². The molecule has 0 spiro atoms. The number of phenolic OH excluding ortho intramolecular Hbond substituents is 1. The highest BCUT2D eigenvalue weighted by Crippen LogP contribution is 2.28. The topological polar surface area (TPSA) is 40.5 Å². The molecule has 2 N–H and O–H groups in total. The van der Waals surface area contributed by atoms with Gasteiger partial charge in [0.05, 0.1) is 6.61 Å². The van der Waals surface area contributed by atoms with Crippen molar-refractivity contribution in [2.75, 3.05) is 0 Å². The van der Waals surface area contributed by atoms with Gasteiger partial charge in [0.1, 0.15) is 5.75 Å². The minimum Gasteiger partial charge on any atom is -0.508 e. The van der Waals surface area contributed by atoms with E-state index in [-0.39, 0.29) is 12.4 Å². The lowest BCUT2D eigenvalue weighted by Gasteiger charge is -1.89. The molecule has 0 unspecified atom stereocenters. The van der Waals surface area contributed by atoms with Crippen LogP contribution in [-0.4, -0.2) is 10.2 Å². The smallest absolute Gasteiger partial charge is 0.116 e. The maximum Gasteiger partial charge on any atom is 0.116 e. The Hall–Kier alpha value is -1.06. The third-order valence-corrected chi connectivity index (χ3v) is 2.81. The molecule has 2 aromatic rings. The molecule has 1 aromatic carbocycles. The molecule has 0 bridgehead atoms. The zero-order valence-corrected chi connectivity index (χ0v) is 7.14. The van der Waals surface area contributed by atoms with Gasteiger partial charge in [-0.25, -0.2) is 0 Å². The summed E-state index contributed by atoms with van der Waals surface area (Å²) in [4.78, 5) is 0.926. The molecule has 0 saturated heterocycles. The Bertz CT molecular complexity index is 406. The van der Waals surface area contributed by atoms with Crippen molar-refractivity contribution in [3.63, 3.8) is 0 Å². The molecule has 0 amide bonds. The van der Waals surface area contributed by atoms with Crippen molar-refractivity contribution < 1.29 is 10.2 Å². The SMILES string of the molecule is OCc1cc2cc(O)ccc2s1. The molecule has 0 aliphatic heterocycles. The molecule has 12 heavy (non-hydrogen) atoms. The Kier molecular flexibility index (Phi) is 1.75. The number of phenols is 1. The molecule has 2 rings (SSSR count). The van der Waals surface area contributed by atoms with Crippen molar-refractivity contribution in [3.8, 4) is 5.75 Å². The number of rotatable bonds is 1. The standard InChI is InChI=1S/C9H8O2S/c10-5-8-4-6-3-7(11)1-2-9(6)12-8/h1-4,10-11H,5H2. The molecule has 0 aliphatic rings. The quantitative estimate of drug-likeness (QED) is 0.705. The highest BCUT2D eigenvalue weighted by Gasteiger charge is 2.00. The van der Waals surface area contributed by atoms with Gasteiger partial charge in [-0.2, -0.15) is 0 Å². The molecule has 62 valence electrons. The highest BCUT2D eigenvalue weighted by atomic mass is 32.1. The number of aromatic hydroxyl groups is 1.